The van der Waals surface area contributed by atoms with Gasteiger partial charge in [0, 0.05) is 29.2 Å². The normalized spacial score (nSPS) is 11.7. The maximum atomic E-state index is 14.2. The van der Waals surface area contributed by atoms with Crippen molar-refractivity contribution in [1.82, 2.24) is 15.1 Å². The molecule has 2 heterocycles. The van der Waals surface area contributed by atoms with Crippen LogP contribution in [0.2, 0.25) is 0 Å². The van der Waals surface area contributed by atoms with Crippen LogP contribution < -0.4 is 10.6 Å². The first-order chi connectivity index (χ1) is 13.5. The summed E-state index contributed by atoms with van der Waals surface area (Å²) in [6, 6.07) is 3.62. The number of aryl methyl sites for hydroxylation is 2. The van der Waals surface area contributed by atoms with Gasteiger partial charge in [-0.3, -0.25) is 14.3 Å². The number of carbonyl (C=O) groups is 2. The van der Waals surface area contributed by atoms with E-state index in [4.69, 9.17) is 0 Å². The molecule has 3 rings (SSSR count). The molecule has 2 amide bonds. The molecule has 2 N–H and O–H groups in total. The summed E-state index contributed by atoms with van der Waals surface area (Å²) in [5.74, 6) is -2.45. The van der Waals surface area contributed by atoms with Crippen molar-refractivity contribution >= 4 is 39.1 Å². The molecule has 0 atom stereocenters. The van der Waals surface area contributed by atoms with Gasteiger partial charge in [0.2, 0.25) is 0 Å². The molecule has 2 aromatic heterocycles. The SMILES string of the molecule is Cc1c(F)cc(C(=O)NCC(F)(F)F)cc1NC(=O)c1cc2c(C)nn(C)c2s1. The third-order valence-electron chi connectivity index (χ3n) is 4.22. The van der Waals surface area contributed by atoms with E-state index >= 15 is 0 Å². The predicted molar refractivity (Wildman–Crippen MR) is 101 cm³/mol. The monoisotopic (exact) mass is 428 g/mol. The number of hydrogen-bond donors (Lipinski definition) is 2. The summed E-state index contributed by atoms with van der Waals surface area (Å²) < 4.78 is 52.7. The van der Waals surface area contributed by atoms with Crippen molar-refractivity contribution < 1.29 is 27.2 Å². The average Bonchev–Trinajstić information content (AvgIpc) is 3.18. The maximum Gasteiger partial charge on any atom is 0.405 e. The Morgan fingerprint density at radius 1 is 1.17 bits per heavy atom. The highest BCUT2D eigenvalue weighted by Crippen LogP contribution is 2.29. The summed E-state index contributed by atoms with van der Waals surface area (Å²) in [6.45, 7) is 1.65. The Balaban J connectivity index is 1.85. The largest absolute Gasteiger partial charge is 0.405 e. The van der Waals surface area contributed by atoms with Crippen LogP contribution in [-0.4, -0.2) is 34.3 Å². The third kappa shape index (κ3) is 4.39. The lowest BCUT2D eigenvalue weighted by Gasteiger charge is -2.12. The minimum absolute atomic E-state index is 0.000498. The average molecular weight is 428 g/mol. The summed E-state index contributed by atoms with van der Waals surface area (Å²) in [7, 11) is 1.75. The van der Waals surface area contributed by atoms with Gasteiger partial charge in [-0.25, -0.2) is 4.39 Å². The molecule has 154 valence electrons. The van der Waals surface area contributed by atoms with Crippen molar-refractivity contribution in [3.63, 3.8) is 0 Å². The number of rotatable bonds is 4. The molecule has 0 spiro atoms. The number of hydrogen-bond acceptors (Lipinski definition) is 4. The van der Waals surface area contributed by atoms with Crippen LogP contribution in [0.5, 0.6) is 0 Å². The molecule has 29 heavy (non-hydrogen) atoms. The molecule has 0 aliphatic carbocycles. The van der Waals surface area contributed by atoms with Crippen LogP contribution in [0.15, 0.2) is 18.2 Å². The van der Waals surface area contributed by atoms with Crippen molar-refractivity contribution in [2.24, 2.45) is 7.05 Å². The molecule has 1 aromatic carbocycles. The molecule has 11 heteroatoms. The Morgan fingerprint density at radius 2 is 1.86 bits per heavy atom. The van der Waals surface area contributed by atoms with Crippen LogP contribution in [0.4, 0.5) is 23.2 Å². The van der Waals surface area contributed by atoms with E-state index in [0.717, 1.165) is 28.0 Å². The second-order valence-corrected chi connectivity index (χ2v) is 7.45. The molecule has 0 saturated carbocycles. The van der Waals surface area contributed by atoms with Crippen LogP contribution in [0.1, 0.15) is 31.3 Å². The van der Waals surface area contributed by atoms with Crippen molar-refractivity contribution in [3.05, 3.63) is 45.7 Å². The zero-order valence-corrected chi connectivity index (χ0v) is 16.4. The van der Waals surface area contributed by atoms with Gasteiger partial charge < -0.3 is 10.6 Å². The van der Waals surface area contributed by atoms with E-state index in [0.29, 0.717) is 4.88 Å². The van der Waals surface area contributed by atoms with Crippen molar-refractivity contribution in [2.75, 3.05) is 11.9 Å². The zero-order chi connectivity index (χ0) is 21.5. The number of alkyl halides is 3. The van der Waals surface area contributed by atoms with Gasteiger partial charge in [-0.15, -0.1) is 11.3 Å². The van der Waals surface area contributed by atoms with Crippen LogP contribution in [0.25, 0.3) is 10.2 Å². The lowest BCUT2D eigenvalue weighted by Crippen LogP contribution is -2.33. The van der Waals surface area contributed by atoms with Crippen LogP contribution in [-0.2, 0) is 7.05 Å². The zero-order valence-electron chi connectivity index (χ0n) is 15.6. The lowest BCUT2D eigenvalue weighted by molar-refractivity contribution is -0.123. The summed E-state index contributed by atoms with van der Waals surface area (Å²) in [4.78, 5) is 25.7. The summed E-state index contributed by atoms with van der Waals surface area (Å²) in [5.41, 5.74) is 0.483. The highest BCUT2D eigenvalue weighted by Gasteiger charge is 2.28. The maximum absolute atomic E-state index is 14.2. The number of benzene rings is 1. The van der Waals surface area contributed by atoms with Crippen molar-refractivity contribution in [3.8, 4) is 0 Å². The second kappa shape index (κ2) is 7.47. The quantitative estimate of drug-likeness (QED) is 0.619. The molecule has 0 unspecified atom stereocenters. The van der Waals surface area contributed by atoms with Gasteiger partial charge in [0.15, 0.2) is 0 Å². The first-order valence-electron chi connectivity index (χ1n) is 8.36. The van der Waals surface area contributed by atoms with Crippen LogP contribution in [0.3, 0.4) is 0 Å². The van der Waals surface area contributed by atoms with Gasteiger partial charge in [-0.2, -0.15) is 18.3 Å². The van der Waals surface area contributed by atoms with Gasteiger partial charge in [0.1, 0.15) is 17.2 Å². The van der Waals surface area contributed by atoms with Gasteiger partial charge in [-0.1, -0.05) is 0 Å². The van der Waals surface area contributed by atoms with Crippen LogP contribution in [0, 0.1) is 19.7 Å². The number of nitrogens with one attached hydrogen (secondary N) is 2. The number of aromatic nitrogens is 2. The van der Waals surface area contributed by atoms with E-state index in [-0.39, 0.29) is 16.8 Å². The standard InChI is InChI=1S/C18H16F4N4O2S/c1-8-12(19)4-10(15(27)23-7-18(20,21)22)5-13(8)24-16(28)14-6-11-9(2)25-26(3)17(11)29-14/h4-6H,7H2,1-3H3,(H,23,27)(H,24,28). The van der Waals surface area contributed by atoms with Gasteiger partial charge >= 0.3 is 6.18 Å². The fourth-order valence-corrected chi connectivity index (χ4v) is 3.74. The molecule has 0 aliphatic rings. The Morgan fingerprint density at radius 3 is 2.48 bits per heavy atom. The topological polar surface area (TPSA) is 76.0 Å². The summed E-state index contributed by atoms with van der Waals surface area (Å²) in [5, 5.41) is 9.26. The fraction of sp³-hybridized carbons (Fsp3) is 0.278. The van der Waals surface area contributed by atoms with E-state index in [9.17, 15) is 27.2 Å². The van der Waals surface area contributed by atoms with E-state index < -0.39 is 30.4 Å². The molecule has 0 aliphatic heterocycles. The minimum atomic E-state index is -4.59. The number of carbonyl (C=O) groups excluding carboxylic acids is 2. The van der Waals surface area contributed by atoms with Gasteiger partial charge in [0.05, 0.1) is 10.6 Å². The third-order valence-corrected chi connectivity index (χ3v) is 5.42. The molecule has 6 nitrogen and oxygen atoms in total. The number of nitrogens with zero attached hydrogens (tertiary/aromatic N) is 2. The number of halogens is 4. The van der Waals surface area contributed by atoms with Gasteiger partial charge in [0.25, 0.3) is 11.8 Å². The number of anilines is 1. The lowest BCUT2D eigenvalue weighted by atomic mass is 10.1. The van der Waals surface area contributed by atoms with Crippen molar-refractivity contribution in [2.45, 2.75) is 20.0 Å². The molecule has 3 aromatic rings. The number of amides is 2. The van der Waals surface area contributed by atoms with Gasteiger partial charge in [-0.05, 0) is 32.0 Å². The summed E-state index contributed by atoms with van der Waals surface area (Å²) in [6.07, 6.45) is -4.59. The van der Waals surface area contributed by atoms with E-state index in [2.05, 4.69) is 10.4 Å². The predicted octanol–water partition coefficient (Wildman–Crippen LogP) is 3.94. The Bertz CT molecular complexity index is 1080. The molecular weight excluding hydrogens is 412 g/mol. The Hall–Kier alpha value is -2.95. The molecule has 0 radical (unpaired) electrons. The smallest absolute Gasteiger partial charge is 0.343 e. The molecule has 0 saturated heterocycles. The van der Waals surface area contributed by atoms with E-state index in [1.165, 1.54) is 18.3 Å². The second-order valence-electron chi connectivity index (χ2n) is 6.42. The van der Waals surface area contributed by atoms with E-state index in [1.807, 2.05) is 0 Å². The molecular formula is C18H16F4N4O2S. The highest BCUT2D eigenvalue weighted by molar-refractivity contribution is 7.20. The first-order valence-corrected chi connectivity index (χ1v) is 9.17. The molecule has 0 fully saturated rings. The van der Waals surface area contributed by atoms with E-state index in [1.54, 1.807) is 30.0 Å². The number of fused-ring (bicyclic) bond motifs is 1. The minimum Gasteiger partial charge on any atom is -0.343 e. The highest BCUT2D eigenvalue weighted by atomic mass is 32.1. The first kappa shape index (κ1) is 20.8. The Kier molecular flexibility index (Phi) is 5.35. The Labute approximate surface area is 166 Å². The number of thiophene rings is 1. The van der Waals surface area contributed by atoms with Crippen molar-refractivity contribution in [1.29, 1.82) is 0 Å². The molecule has 0 bridgehead atoms. The fourth-order valence-electron chi connectivity index (χ4n) is 2.72. The summed E-state index contributed by atoms with van der Waals surface area (Å²) >= 11 is 1.19. The van der Waals surface area contributed by atoms with Crippen LogP contribution >= 0.6 is 11.3 Å².